The van der Waals surface area contributed by atoms with Gasteiger partial charge in [-0.05, 0) is 80.0 Å². The highest BCUT2D eigenvalue weighted by molar-refractivity contribution is 5.66. The molecule has 8 unspecified atom stereocenters. The Hall–Kier alpha value is -0.830. The lowest BCUT2D eigenvalue weighted by molar-refractivity contribution is -0.188. The molecule has 8 atom stereocenters. The van der Waals surface area contributed by atoms with E-state index >= 15 is 0 Å². The first-order chi connectivity index (χ1) is 11.8. The molecule has 0 aliphatic heterocycles. The van der Waals surface area contributed by atoms with Crippen molar-refractivity contribution >= 4 is 5.97 Å². The third kappa shape index (κ3) is 2.52. The van der Waals surface area contributed by atoms with Crippen LogP contribution in [0.2, 0.25) is 0 Å². The van der Waals surface area contributed by atoms with E-state index in [1.165, 1.54) is 38.2 Å². The Morgan fingerprint density at radius 1 is 1.12 bits per heavy atom. The van der Waals surface area contributed by atoms with Gasteiger partial charge in [0.15, 0.2) is 0 Å². The van der Waals surface area contributed by atoms with Crippen LogP contribution in [0.15, 0.2) is 12.2 Å². The molecule has 0 amide bonds. The first kappa shape index (κ1) is 17.6. The molecular weight excluding hydrogens is 312 g/mol. The second-order valence-electron chi connectivity index (χ2n) is 9.90. The van der Waals surface area contributed by atoms with Crippen LogP contribution in [0.1, 0.15) is 72.1 Å². The monoisotopic (exact) mass is 346 g/mol. The fourth-order valence-electron chi connectivity index (χ4n) is 7.50. The molecule has 0 saturated heterocycles. The van der Waals surface area contributed by atoms with E-state index in [-0.39, 0.29) is 23.6 Å². The Morgan fingerprint density at radius 3 is 2.60 bits per heavy atom. The van der Waals surface area contributed by atoms with Gasteiger partial charge in [0, 0.05) is 12.8 Å². The molecule has 0 aromatic rings. The van der Waals surface area contributed by atoms with Crippen molar-refractivity contribution in [3.05, 3.63) is 12.2 Å². The standard InChI is InChI=1S/C22H34O3/c1-13-5-6-17-16-12-20(25-14(2)23)19-11-15(24)7-9-22(19,4)18(16)8-10-21(13,17)3/h15-20,24H,1,5-12H2,2-4H3. The van der Waals surface area contributed by atoms with Crippen molar-refractivity contribution in [2.45, 2.75) is 84.3 Å². The van der Waals surface area contributed by atoms with Crippen LogP contribution in [0, 0.1) is 34.5 Å². The molecule has 4 aliphatic rings. The molecule has 1 N–H and O–H groups in total. The smallest absolute Gasteiger partial charge is 0.302 e. The fourth-order valence-corrected chi connectivity index (χ4v) is 7.50. The largest absolute Gasteiger partial charge is 0.462 e. The van der Waals surface area contributed by atoms with E-state index in [1.54, 1.807) is 0 Å². The average molecular weight is 347 g/mol. The minimum Gasteiger partial charge on any atom is -0.462 e. The van der Waals surface area contributed by atoms with Gasteiger partial charge < -0.3 is 9.84 Å². The van der Waals surface area contributed by atoms with Crippen molar-refractivity contribution in [2.24, 2.45) is 34.5 Å². The predicted molar refractivity (Wildman–Crippen MR) is 97.8 cm³/mol. The number of ether oxygens (including phenoxy) is 1. The maximum Gasteiger partial charge on any atom is 0.302 e. The predicted octanol–water partition coefficient (Wildman–Crippen LogP) is 4.49. The number of hydrogen-bond donors (Lipinski definition) is 1. The lowest BCUT2D eigenvalue weighted by Crippen LogP contribution is -2.58. The number of carbonyl (C=O) groups is 1. The maximum atomic E-state index is 11.8. The van der Waals surface area contributed by atoms with Crippen LogP contribution in [0.25, 0.3) is 0 Å². The van der Waals surface area contributed by atoms with Crippen molar-refractivity contribution in [2.75, 3.05) is 0 Å². The quantitative estimate of drug-likeness (QED) is 0.562. The third-order valence-corrected chi connectivity index (χ3v) is 8.90. The zero-order chi connectivity index (χ0) is 18.0. The normalized spacial score (nSPS) is 52.1. The van der Waals surface area contributed by atoms with Crippen LogP contribution >= 0.6 is 0 Å². The summed E-state index contributed by atoms with van der Waals surface area (Å²) in [4.78, 5) is 11.8. The summed E-state index contributed by atoms with van der Waals surface area (Å²) in [5, 5.41) is 10.3. The van der Waals surface area contributed by atoms with Gasteiger partial charge in [0.2, 0.25) is 0 Å². The van der Waals surface area contributed by atoms with Crippen LogP contribution in [0.3, 0.4) is 0 Å². The van der Waals surface area contributed by atoms with Crippen LogP contribution in [-0.4, -0.2) is 23.3 Å². The molecule has 0 aromatic heterocycles. The molecule has 4 saturated carbocycles. The minimum absolute atomic E-state index is 0.0186. The number of esters is 1. The number of fused-ring (bicyclic) bond motifs is 5. The number of aliphatic hydroxyl groups is 1. The number of aliphatic hydroxyl groups excluding tert-OH is 1. The SMILES string of the molecule is C=C1CCC2C3CC(OC(C)=O)C4CC(O)CCC4(C)C3CCC12C. The lowest BCUT2D eigenvalue weighted by Gasteiger charge is -2.62. The third-order valence-electron chi connectivity index (χ3n) is 8.90. The second-order valence-corrected chi connectivity index (χ2v) is 9.90. The van der Waals surface area contributed by atoms with E-state index in [4.69, 9.17) is 4.74 Å². The number of rotatable bonds is 1. The molecule has 0 bridgehead atoms. The number of carbonyl (C=O) groups excluding carboxylic acids is 1. The van der Waals surface area contributed by atoms with Gasteiger partial charge in [0.1, 0.15) is 6.10 Å². The first-order valence-corrected chi connectivity index (χ1v) is 10.3. The van der Waals surface area contributed by atoms with Crippen molar-refractivity contribution in [1.29, 1.82) is 0 Å². The van der Waals surface area contributed by atoms with Crippen LogP contribution < -0.4 is 0 Å². The summed E-state index contributed by atoms with van der Waals surface area (Å²) in [5.74, 6) is 2.19. The summed E-state index contributed by atoms with van der Waals surface area (Å²) in [6.07, 6.45) is 8.47. The lowest BCUT2D eigenvalue weighted by atomic mass is 9.44. The Morgan fingerprint density at radius 2 is 1.88 bits per heavy atom. The van der Waals surface area contributed by atoms with Crippen LogP contribution in [0.5, 0.6) is 0 Å². The molecule has 4 fully saturated rings. The Balaban J connectivity index is 1.69. The van der Waals surface area contributed by atoms with Crippen molar-refractivity contribution in [3.63, 3.8) is 0 Å². The summed E-state index contributed by atoms with van der Waals surface area (Å²) < 4.78 is 5.86. The minimum atomic E-state index is -0.229. The van der Waals surface area contributed by atoms with Gasteiger partial charge in [-0.3, -0.25) is 4.79 Å². The second kappa shape index (κ2) is 5.84. The van der Waals surface area contributed by atoms with Gasteiger partial charge in [0.25, 0.3) is 0 Å². The fraction of sp³-hybridized carbons (Fsp3) is 0.864. The summed E-state index contributed by atoms with van der Waals surface area (Å²) in [7, 11) is 0. The van der Waals surface area contributed by atoms with Crippen LogP contribution in [-0.2, 0) is 9.53 Å². The summed E-state index contributed by atoms with van der Waals surface area (Å²) in [5.41, 5.74) is 1.94. The first-order valence-electron chi connectivity index (χ1n) is 10.3. The van der Waals surface area contributed by atoms with Gasteiger partial charge in [-0.2, -0.15) is 0 Å². The van der Waals surface area contributed by atoms with Gasteiger partial charge in [0.05, 0.1) is 6.10 Å². The number of allylic oxidation sites excluding steroid dienone is 1. The molecule has 4 aliphatic carbocycles. The van der Waals surface area contributed by atoms with E-state index < -0.39 is 0 Å². The summed E-state index contributed by atoms with van der Waals surface area (Å²) in [6, 6.07) is 0. The van der Waals surface area contributed by atoms with Crippen molar-refractivity contribution in [1.82, 2.24) is 0 Å². The molecule has 140 valence electrons. The zero-order valence-electron chi connectivity index (χ0n) is 16.1. The summed E-state index contributed by atoms with van der Waals surface area (Å²) in [6.45, 7) is 10.8. The molecule has 3 heteroatoms. The highest BCUT2D eigenvalue weighted by atomic mass is 16.5. The van der Waals surface area contributed by atoms with Gasteiger partial charge in [-0.25, -0.2) is 0 Å². The highest BCUT2D eigenvalue weighted by Crippen LogP contribution is 2.67. The highest BCUT2D eigenvalue weighted by Gasteiger charge is 2.61. The van der Waals surface area contributed by atoms with Gasteiger partial charge >= 0.3 is 5.97 Å². The van der Waals surface area contributed by atoms with Crippen LogP contribution in [0.4, 0.5) is 0 Å². The Bertz CT molecular complexity index is 584. The molecule has 0 radical (unpaired) electrons. The Labute approximate surface area is 152 Å². The molecule has 3 nitrogen and oxygen atoms in total. The van der Waals surface area contributed by atoms with Gasteiger partial charge in [-0.15, -0.1) is 0 Å². The average Bonchev–Trinajstić information content (AvgIpc) is 2.84. The van der Waals surface area contributed by atoms with Crippen molar-refractivity contribution < 1.29 is 14.6 Å². The Kier molecular flexibility index (Phi) is 4.10. The molecule has 25 heavy (non-hydrogen) atoms. The van der Waals surface area contributed by atoms with E-state index in [1.807, 2.05) is 0 Å². The molecular formula is C22H34O3. The van der Waals surface area contributed by atoms with E-state index in [0.717, 1.165) is 25.7 Å². The maximum absolute atomic E-state index is 11.8. The molecule has 0 heterocycles. The van der Waals surface area contributed by atoms with Gasteiger partial charge in [-0.1, -0.05) is 26.0 Å². The van der Waals surface area contributed by atoms with E-state index in [9.17, 15) is 9.90 Å². The molecule has 0 spiro atoms. The van der Waals surface area contributed by atoms with Crippen molar-refractivity contribution in [3.8, 4) is 0 Å². The number of hydrogen-bond acceptors (Lipinski definition) is 3. The topological polar surface area (TPSA) is 46.5 Å². The van der Waals surface area contributed by atoms with E-state index in [0.29, 0.717) is 29.1 Å². The molecule has 0 aromatic carbocycles. The zero-order valence-corrected chi connectivity index (χ0v) is 16.1. The van der Waals surface area contributed by atoms with E-state index in [2.05, 4.69) is 20.4 Å². The molecule has 4 rings (SSSR count). The summed E-state index contributed by atoms with van der Waals surface area (Å²) >= 11 is 0.